The molecule has 162 valence electrons. The highest BCUT2D eigenvalue weighted by Gasteiger charge is 2.61. The molecule has 0 heterocycles. The van der Waals surface area contributed by atoms with Crippen LogP contribution in [0.25, 0.3) is 0 Å². The molecule has 6 nitrogen and oxygen atoms in total. The Morgan fingerprint density at radius 2 is 1.88 bits per heavy atom. The molecule has 32 heavy (non-hydrogen) atoms. The minimum absolute atomic E-state index is 0.112. The first kappa shape index (κ1) is 22.7. The van der Waals surface area contributed by atoms with Gasteiger partial charge in [-0.05, 0) is 35.6 Å². The van der Waals surface area contributed by atoms with Crippen LogP contribution in [0.15, 0.2) is 66.7 Å². The predicted molar refractivity (Wildman–Crippen MR) is 117 cm³/mol. The van der Waals surface area contributed by atoms with Crippen LogP contribution in [0, 0.1) is 40.9 Å². The van der Waals surface area contributed by atoms with Crippen LogP contribution >= 0.6 is 0 Å². The van der Waals surface area contributed by atoms with Crippen LogP contribution < -0.4 is 4.74 Å². The van der Waals surface area contributed by atoms with Crippen molar-refractivity contribution in [1.82, 2.24) is 0 Å². The summed E-state index contributed by atoms with van der Waals surface area (Å²) < 4.78 is 16.1. The predicted octanol–water partition coefficient (Wildman–Crippen LogP) is 4.59. The second kappa shape index (κ2) is 9.85. The van der Waals surface area contributed by atoms with E-state index in [0.717, 1.165) is 0 Å². The van der Waals surface area contributed by atoms with E-state index in [9.17, 15) is 14.9 Å². The topological polar surface area (TPSA) is 85.6 Å². The molecule has 2 aromatic rings. The van der Waals surface area contributed by atoms with Gasteiger partial charge in [0.1, 0.15) is 17.6 Å². The molecule has 0 N–H and O–H groups in total. The highest BCUT2D eigenvalue weighted by molar-refractivity contribution is 5.83. The number of nitriles is 1. The molecule has 3 rings (SSSR count). The molecular formula is C26H23NO5. The fraction of sp³-hybridized carbons (Fsp3) is 0.269. The van der Waals surface area contributed by atoms with Crippen LogP contribution in [-0.4, -0.2) is 18.5 Å². The van der Waals surface area contributed by atoms with E-state index in [1.165, 1.54) is 6.08 Å². The van der Waals surface area contributed by atoms with Crippen molar-refractivity contribution in [2.24, 2.45) is 17.3 Å². The average Bonchev–Trinajstić information content (AvgIpc) is 3.35. The van der Waals surface area contributed by atoms with E-state index in [0.29, 0.717) is 17.1 Å². The van der Waals surface area contributed by atoms with Crippen molar-refractivity contribution in [1.29, 1.82) is 5.26 Å². The molecule has 0 saturated heterocycles. The molecule has 1 saturated carbocycles. The summed E-state index contributed by atoms with van der Waals surface area (Å²) in [5, 5.41) is 9.61. The molecular weight excluding hydrogens is 406 g/mol. The Labute approximate surface area is 187 Å². The van der Waals surface area contributed by atoms with E-state index in [1.54, 1.807) is 30.3 Å². The van der Waals surface area contributed by atoms with Crippen molar-refractivity contribution in [3.05, 3.63) is 72.3 Å². The van der Waals surface area contributed by atoms with Gasteiger partial charge in [-0.25, -0.2) is 4.79 Å². The number of hydrogen-bond donors (Lipinski definition) is 0. The van der Waals surface area contributed by atoms with Crippen LogP contribution in [-0.2, 0) is 19.1 Å². The van der Waals surface area contributed by atoms with Gasteiger partial charge in [-0.2, -0.15) is 5.26 Å². The Hall–Kier alpha value is -4.03. The number of terminal acetylenes is 1. The Bertz CT molecular complexity index is 1090. The van der Waals surface area contributed by atoms with Crippen molar-refractivity contribution < 1.29 is 23.8 Å². The highest BCUT2D eigenvalue weighted by Crippen LogP contribution is 2.59. The number of ether oxygens (including phenoxy) is 3. The lowest BCUT2D eigenvalue weighted by Gasteiger charge is -2.13. The molecule has 0 amide bonds. The van der Waals surface area contributed by atoms with Gasteiger partial charge in [0.2, 0.25) is 6.10 Å². The van der Waals surface area contributed by atoms with Crippen molar-refractivity contribution in [3.8, 4) is 29.9 Å². The maximum Gasteiger partial charge on any atom is 0.331 e. The molecule has 1 aliphatic carbocycles. The number of nitrogens with zero attached hydrogens (tertiary/aromatic N) is 1. The molecule has 1 aliphatic rings. The molecule has 0 radical (unpaired) electrons. The Balaban J connectivity index is 1.66. The Morgan fingerprint density at radius 3 is 2.56 bits per heavy atom. The fourth-order valence-corrected chi connectivity index (χ4v) is 3.55. The SMILES string of the molecule is C#CCOC(=O)/C=C\[C@H]1[C@@H](C(=O)O[C@H](C#N)c2cccc(Oc3ccccc3)c2)C1(C)C. The fourth-order valence-electron chi connectivity index (χ4n) is 3.55. The summed E-state index contributed by atoms with van der Waals surface area (Å²) in [6.07, 6.45) is 6.87. The summed E-state index contributed by atoms with van der Waals surface area (Å²) in [6.45, 7) is 3.69. The molecule has 1 fully saturated rings. The molecule has 0 spiro atoms. The van der Waals surface area contributed by atoms with Gasteiger partial charge >= 0.3 is 11.9 Å². The van der Waals surface area contributed by atoms with Gasteiger partial charge in [-0.1, -0.05) is 56.2 Å². The first-order valence-corrected chi connectivity index (χ1v) is 10.1. The van der Waals surface area contributed by atoms with Crippen LogP contribution in [0.1, 0.15) is 25.5 Å². The zero-order valence-corrected chi connectivity index (χ0v) is 17.9. The highest BCUT2D eigenvalue weighted by atomic mass is 16.5. The lowest BCUT2D eigenvalue weighted by Crippen LogP contribution is -2.14. The smallest absolute Gasteiger partial charge is 0.331 e. The normalized spacial score (nSPS) is 19.2. The minimum atomic E-state index is -1.08. The first-order chi connectivity index (χ1) is 15.4. The summed E-state index contributed by atoms with van der Waals surface area (Å²) in [5.74, 6) is 1.66. The van der Waals surface area contributed by atoms with Gasteiger partial charge in [0.25, 0.3) is 0 Å². The van der Waals surface area contributed by atoms with Crippen molar-refractivity contribution in [2.75, 3.05) is 6.61 Å². The van der Waals surface area contributed by atoms with Crippen LogP contribution in [0.5, 0.6) is 11.5 Å². The van der Waals surface area contributed by atoms with E-state index in [4.69, 9.17) is 20.6 Å². The maximum absolute atomic E-state index is 12.8. The van der Waals surface area contributed by atoms with Gasteiger partial charge < -0.3 is 14.2 Å². The average molecular weight is 429 g/mol. The molecule has 0 aliphatic heterocycles. The quantitative estimate of drug-likeness (QED) is 0.347. The standard InChI is InChI=1S/C26H23NO5/c1-4-15-30-23(28)14-13-21-24(26(21,2)3)25(29)32-22(17-27)18-9-8-12-20(16-18)31-19-10-6-5-7-11-19/h1,5-14,16,21-22,24H,15H2,2-3H3/b14-13-/t21-,22+,24-/m0/s1. The number of carbonyl (C=O) groups excluding carboxylic acids is 2. The van der Waals surface area contributed by atoms with Gasteiger partial charge in [0.15, 0.2) is 6.61 Å². The number of rotatable bonds is 8. The van der Waals surface area contributed by atoms with Crippen LogP contribution in [0.4, 0.5) is 0 Å². The van der Waals surface area contributed by atoms with Gasteiger partial charge in [-0.3, -0.25) is 4.79 Å². The monoisotopic (exact) mass is 429 g/mol. The largest absolute Gasteiger partial charge is 0.457 e. The third-order valence-corrected chi connectivity index (χ3v) is 5.39. The van der Waals surface area contributed by atoms with Gasteiger partial charge in [-0.15, -0.1) is 6.42 Å². The van der Waals surface area contributed by atoms with Crippen molar-refractivity contribution in [2.45, 2.75) is 20.0 Å². The molecule has 2 aromatic carbocycles. The third-order valence-electron chi connectivity index (χ3n) is 5.39. The van der Waals surface area contributed by atoms with Crippen LogP contribution in [0.2, 0.25) is 0 Å². The lowest BCUT2D eigenvalue weighted by molar-refractivity contribution is -0.149. The molecule has 0 aromatic heterocycles. The van der Waals surface area contributed by atoms with Crippen LogP contribution in [0.3, 0.4) is 0 Å². The van der Waals surface area contributed by atoms with E-state index in [2.05, 4.69) is 5.92 Å². The third kappa shape index (κ3) is 5.36. The van der Waals surface area contributed by atoms with E-state index >= 15 is 0 Å². The second-order valence-corrected chi connectivity index (χ2v) is 7.93. The molecule has 3 atom stereocenters. The zero-order chi connectivity index (χ0) is 23.1. The number of esters is 2. The second-order valence-electron chi connectivity index (χ2n) is 7.93. The van der Waals surface area contributed by atoms with Crippen molar-refractivity contribution >= 4 is 11.9 Å². The summed E-state index contributed by atoms with van der Waals surface area (Å²) in [4.78, 5) is 24.4. The molecule has 6 heteroatoms. The molecule has 0 bridgehead atoms. The van der Waals surface area contributed by atoms with E-state index < -0.39 is 29.4 Å². The number of allylic oxidation sites excluding steroid dienone is 1. The summed E-state index contributed by atoms with van der Waals surface area (Å²) in [6, 6.07) is 18.1. The lowest BCUT2D eigenvalue weighted by atomic mass is 10.1. The number of benzene rings is 2. The number of para-hydroxylation sites is 1. The zero-order valence-electron chi connectivity index (χ0n) is 17.9. The number of hydrogen-bond acceptors (Lipinski definition) is 6. The van der Waals surface area contributed by atoms with E-state index in [-0.39, 0.29) is 12.5 Å². The van der Waals surface area contributed by atoms with Gasteiger partial charge in [0.05, 0.1) is 5.92 Å². The van der Waals surface area contributed by atoms with E-state index in [1.807, 2.05) is 50.2 Å². The summed E-state index contributed by atoms with van der Waals surface area (Å²) in [5.41, 5.74) is 0.107. The van der Waals surface area contributed by atoms with Gasteiger partial charge in [0, 0.05) is 11.6 Å². The summed E-state index contributed by atoms with van der Waals surface area (Å²) in [7, 11) is 0. The number of carbonyl (C=O) groups is 2. The molecule has 0 unspecified atom stereocenters. The minimum Gasteiger partial charge on any atom is -0.457 e. The maximum atomic E-state index is 12.8. The Morgan fingerprint density at radius 1 is 1.16 bits per heavy atom. The Kier molecular flexibility index (Phi) is 6.97. The summed E-state index contributed by atoms with van der Waals surface area (Å²) >= 11 is 0. The first-order valence-electron chi connectivity index (χ1n) is 10.1. The van der Waals surface area contributed by atoms with Crippen molar-refractivity contribution in [3.63, 3.8) is 0 Å².